The molecule has 0 saturated carbocycles. The molecule has 2 heterocycles. The summed E-state index contributed by atoms with van der Waals surface area (Å²) in [7, 11) is 2.14. The molecule has 3 rings (SSSR count). The van der Waals surface area contributed by atoms with Crippen molar-refractivity contribution < 1.29 is 9.84 Å². The van der Waals surface area contributed by atoms with Gasteiger partial charge in [0.05, 0.1) is 18.8 Å². The van der Waals surface area contributed by atoms with Crippen molar-refractivity contribution in [1.29, 1.82) is 0 Å². The number of fused-ring (bicyclic) bond motifs is 2. The van der Waals surface area contributed by atoms with Gasteiger partial charge in [0.2, 0.25) is 0 Å². The smallest absolute Gasteiger partial charge is 0.0928 e. The monoisotopic (exact) mass is 259 g/mol. The first-order chi connectivity index (χ1) is 9.12. The minimum Gasteiger partial charge on any atom is -0.385 e. The summed E-state index contributed by atoms with van der Waals surface area (Å²) in [6, 6.07) is 8.72. The van der Waals surface area contributed by atoms with Crippen LogP contribution in [0.3, 0.4) is 0 Å². The fourth-order valence-corrected chi connectivity index (χ4v) is 3.31. The Morgan fingerprint density at radius 1 is 1.26 bits per heavy atom. The van der Waals surface area contributed by atoms with Gasteiger partial charge in [0.15, 0.2) is 0 Å². The number of nitrogens with zero attached hydrogens (tertiary/aromatic N) is 1. The van der Waals surface area contributed by atoms with Gasteiger partial charge in [0.25, 0.3) is 0 Å². The Morgan fingerprint density at radius 2 is 1.84 bits per heavy atom. The summed E-state index contributed by atoms with van der Waals surface area (Å²) in [4.78, 5) is 2.36. The third-order valence-electron chi connectivity index (χ3n) is 4.60. The molecule has 3 heteroatoms. The van der Waals surface area contributed by atoms with Gasteiger partial charge < -0.3 is 9.84 Å². The lowest BCUT2D eigenvalue weighted by Crippen LogP contribution is -2.59. The maximum atomic E-state index is 11.0. The normalized spacial score (nSPS) is 35.1. The maximum absolute atomic E-state index is 11.0. The molecule has 102 valence electrons. The first kappa shape index (κ1) is 12.9. The number of likely N-dealkylation sites (N-methyl/N-ethyl adjacent to an activating group) is 1. The Balaban J connectivity index is 1.88. The van der Waals surface area contributed by atoms with Crippen molar-refractivity contribution in [2.24, 2.45) is 0 Å². The van der Waals surface area contributed by atoms with Crippen molar-refractivity contribution in [2.75, 3.05) is 20.3 Å². The highest BCUT2D eigenvalue weighted by molar-refractivity contribution is 5.47. The van der Waals surface area contributed by atoms with E-state index < -0.39 is 5.60 Å². The zero-order chi connectivity index (χ0) is 13.5. The lowest BCUT2D eigenvalue weighted by molar-refractivity contribution is -0.137. The van der Waals surface area contributed by atoms with E-state index in [2.05, 4.69) is 18.5 Å². The highest BCUT2D eigenvalue weighted by Crippen LogP contribution is 2.40. The van der Waals surface area contributed by atoms with Crippen LogP contribution in [-0.4, -0.2) is 42.4 Å². The molecule has 2 aliphatic rings. The van der Waals surface area contributed by atoms with Crippen molar-refractivity contribution in [3.63, 3.8) is 0 Å². The molecule has 1 aromatic carbocycles. The number of ether oxygens (including phenoxy) is 1. The number of hydrogen-bond acceptors (Lipinski definition) is 3. The molecule has 0 aromatic heterocycles. The lowest BCUT2D eigenvalue weighted by Gasteiger charge is -2.50. The molecule has 3 nitrogen and oxygen atoms in total. The van der Waals surface area contributed by atoms with Gasteiger partial charge in [-0.05, 0) is 31.0 Å². The summed E-state index contributed by atoms with van der Waals surface area (Å²) in [6.07, 6.45) is 3.31. The summed E-state index contributed by atoms with van der Waals surface area (Å²) in [5, 5.41) is 11.0. The molecule has 2 bridgehead atoms. The van der Waals surface area contributed by atoms with Gasteiger partial charge in [-0.3, -0.25) is 4.90 Å². The van der Waals surface area contributed by atoms with E-state index in [9.17, 15) is 5.11 Å². The van der Waals surface area contributed by atoms with Crippen molar-refractivity contribution >= 4 is 6.08 Å². The van der Waals surface area contributed by atoms with Crippen LogP contribution in [0.25, 0.3) is 6.08 Å². The van der Waals surface area contributed by atoms with E-state index in [1.54, 1.807) is 0 Å². The minimum atomic E-state index is -0.717. The van der Waals surface area contributed by atoms with Crippen LogP contribution in [0.15, 0.2) is 30.8 Å². The van der Waals surface area contributed by atoms with E-state index >= 15 is 0 Å². The van der Waals surface area contributed by atoms with Crippen LogP contribution in [0.5, 0.6) is 0 Å². The molecule has 2 atom stereocenters. The van der Waals surface area contributed by atoms with E-state index in [-0.39, 0.29) is 0 Å². The SMILES string of the molecule is C=Cc1ccc(C2(O)CC3COCC(C2)N3C)cc1. The highest BCUT2D eigenvalue weighted by Gasteiger charge is 2.45. The summed E-state index contributed by atoms with van der Waals surface area (Å²) in [6.45, 7) is 5.21. The van der Waals surface area contributed by atoms with Crippen LogP contribution >= 0.6 is 0 Å². The molecule has 0 spiro atoms. The van der Waals surface area contributed by atoms with Gasteiger partial charge in [0, 0.05) is 12.1 Å². The van der Waals surface area contributed by atoms with E-state index in [1.165, 1.54) is 0 Å². The van der Waals surface area contributed by atoms with E-state index in [1.807, 2.05) is 30.3 Å². The van der Waals surface area contributed by atoms with Crippen molar-refractivity contribution in [1.82, 2.24) is 4.90 Å². The van der Waals surface area contributed by atoms with Gasteiger partial charge >= 0.3 is 0 Å². The zero-order valence-corrected chi connectivity index (χ0v) is 11.4. The molecule has 2 aliphatic heterocycles. The van der Waals surface area contributed by atoms with Gasteiger partial charge in [-0.15, -0.1) is 0 Å². The van der Waals surface area contributed by atoms with Crippen LogP contribution in [0.1, 0.15) is 24.0 Å². The third kappa shape index (κ3) is 2.22. The lowest BCUT2D eigenvalue weighted by atomic mass is 9.77. The van der Waals surface area contributed by atoms with Crippen molar-refractivity contribution in [3.05, 3.63) is 42.0 Å². The quantitative estimate of drug-likeness (QED) is 0.882. The standard InChI is InChI=1S/C16H21NO2/c1-3-12-4-6-13(7-5-12)16(18)8-14-10-19-11-15(9-16)17(14)2/h3-7,14-15,18H,1,8-11H2,2H3. The first-order valence-corrected chi connectivity index (χ1v) is 6.87. The first-order valence-electron chi connectivity index (χ1n) is 6.87. The second kappa shape index (κ2) is 4.75. The number of morpholine rings is 1. The van der Waals surface area contributed by atoms with Crippen LogP contribution in [0, 0.1) is 0 Å². The number of aliphatic hydroxyl groups is 1. The van der Waals surface area contributed by atoms with Crippen LogP contribution in [-0.2, 0) is 10.3 Å². The maximum Gasteiger partial charge on any atom is 0.0928 e. The summed E-state index contributed by atoms with van der Waals surface area (Å²) >= 11 is 0. The van der Waals surface area contributed by atoms with E-state index in [4.69, 9.17) is 4.74 Å². The Bertz CT molecular complexity index is 454. The minimum absolute atomic E-state index is 0.316. The number of benzene rings is 1. The number of piperidine rings is 1. The van der Waals surface area contributed by atoms with E-state index in [0.29, 0.717) is 12.1 Å². The van der Waals surface area contributed by atoms with Gasteiger partial charge in [-0.1, -0.05) is 36.9 Å². The van der Waals surface area contributed by atoms with Crippen LogP contribution in [0.2, 0.25) is 0 Å². The molecule has 2 fully saturated rings. The predicted molar refractivity (Wildman–Crippen MR) is 75.8 cm³/mol. The zero-order valence-electron chi connectivity index (χ0n) is 11.4. The van der Waals surface area contributed by atoms with E-state index in [0.717, 1.165) is 37.2 Å². The molecule has 1 N–H and O–H groups in total. The average molecular weight is 259 g/mol. The average Bonchev–Trinajstić information content (AvgIpc) is 2.41. The molecule has 0 radical (unpaired) electrons. The molecule has 2 unspecified atom stereocenters. The molecule has 0 aliphatic carbocycles. The van der Waals surface area contributed by atoms with Gasteiger partial charge in [-0.2, -0.15) is 0 Å². The molecule has 19 heavy (non-hydrogen) atoms. The topological polar surface area (TPSA) is 32.7 Å². The number of hydrogen-bond donors (Lipinski definition) is 1. The largest absolute Gasteiger partial charge is 0.385 e. The van der Waals surface area contributed by atoms with Gasteiger partial charge in [-0.25, -0.2) is 0 Å². The van der Waals surface area contributed by atoms with Crippen molar-refractivity contribution in [2.45, 2.75) is 30.5 Å². The number of rotatable bonds is 2. The Labute approximate surface area is 114 Å². The van der Waals surface area contributed by atoms with Crippen molar-refractivity contribution in [3.8, 4) is 0 Å². The Morgan fingerprint density at radius 3 is 2.37 bits per heavy atom. The summed E-state index contributed by atoms with van der Waals surface area (Å²) in [5.41, 5.74) is 1.39. The Hall–Kier alpha value is -1.16. The molecule has 1 aromatic rings. The molecular weight excluding hydrogens is 238 g/mol. The molecule has 2 saturated heterocycles. The van der Waals surface area contributed by atoms with Crippen LogP contribution in [0.4, 0.5) is 0 Å². The summed E-state index contributed by atoms with van der Waals surface area (Å²) < 4.78 is 5.61. The fraction of sp³-hybridized carbons (Fsp3) is 0.500. The fourth-order valence-electron chi connectivity index (χ4n) is 3.31. The predicted octanol–water partition coefficient (Wildman–Crippen LogP) is 2.01. The second-order valence-electron chi connectivity index (χ2n) is 5.78. The molecular formula is C16H21NO2. The third-order valence-corrected chi connectivity index (χ3v) is 4.60. The Kier molecular flexibility index (Phi) is 3.21. The highest BCUT2D eigenvalue weighted by atomic mass is 16.5. The second-order valence-corrected chi connectivity index (χ2v) is 5.78. The van der Waals surface area contributed by atoms with Crippen LogP contribution < -0.4 is 0 Å². The van der Waals surface area contributed by atoms with Gasteiger partial charge in [0.1, 0.15) is 0 Å². The summed E-state index contributed by atoms with van der Waals surface area (Å²) in [5.74, 6) is 0. The molecule has 0 amide bonds.